The number of hydrogen-bond donors (Lipinski definition) is 2. The van der Waals surface area contributed by atoms with E-state index in [1.807, 2.05) is 0 Å². The summed E-state index contributed by atoms with van der Waals surface area (Å²) in [6.07, 6.45) is 7.14. The first-order chi connectivity index (χ1) is 9.02. The summed E-state index contributed by atoms with van der Waals surface area (Å²) in [5.74, 6) is -0.454. The molecule has 0 spiro atoms. The fourth-order valence-corrected chi connectivity index (χ4v) is 1.69. The van der Waals surface area contributed by atoms with Gasteiger partial charge in [-0.25, -0.2) is 0 Å². The molecule has 0 aromatic rings. The van der Waals surface area contributed by atoms with Gasteiger partial charge in [-0.1, -0.05) is 46.0 Å². The molecule has 6 heteroatoms. The van der Waals surface area contributed by atoms with Crippen molar-refractivity contribution in [2.24, 2.45) is 5.92 Å². The SMILES string of the molecule is CC(C)CCCCCCCC(=O)ONCCC(=O)O.[H-].[Na+]. The average molecular weight is 297 g/mol. The number of unbranched alkanes of at least 4 members (excludes halogenated alkanes) is 4. The quantitative estimate of drug-likeness (QED) is 0.301. The Kier molecular flexibility index (Phi) is 17.0. The molecule has 0 unspecified atom stereocenters. The molecule has 0 saturated carbocycles. The van der Waals surface area contributed by atoms with Gasteiger partial charge in [-0.2, -0.15) is 5.48 Å². The van der Waals surface area contributed by atoms with Gasteiger partial charge in [0.2, 0.25) is 0 Å². The molecule has 5 nitrogen and oxygen atoms in total. The van der Waals surface area contributed by atoms with E-state index >= 15 is 0 Å². The maximum absolute atomic E-state index is 11.2. The number of rotatable bonds is 12. The summed E-state index contributed by atoms with van der Waals surface area (Å²) in [5.41, 5.74) is 2.36. The van der Waals surface area contributed by atoms with Crippen molar-refractivity contribution in [1.82, 2.24) is 5.48 Å². The minimum atomic E-state index is -0.912. The van der Waals surface area contributed by atoms with E-state index in [-0.39, 0.29) is 49.9 Å². The predicted molar refractivity (Wildman–Crippen MR) is 74.6 cm³/mol. The molecular formula is C14H28NNaO4. The summed E-state index contributed by atoms with van der Waals surface area (Å²) in [6.45, 7) is 4.61. The monoisotopic (exact) mass is 297 g/mol. The summed E-state index contributed by atoms with van der Waals surface area (Å²) in [5, 5.41) is 8.38. The topological polar surface area (TPSA) is 75.6 Å². The van der Waals surface area contributed by atoms with Gasteiger partial charge in [0.05, 0.1) is 6.42 Å². The Morgan fingerprint density at radius 1 is 1.10 bits per heavy atom. The van der Waals surface area contributed by atoms with Gasteiger partial charge >= 0.3 is 41.5 Å². The van der Waals surface area contributed by atoms with Crippen molar-refractivity contribution >= 4 is 11.9 Å². The zero-order valence-electron chi connectivity index (χ0n) is 14.1. The van der Waals surface area contributed by atoms with Crippen LogP contribution in [-0.4, -0.2) is 23.6 Å². The molecule has 0 aromatic heterocycles. The molecular weight excluding hydrogens is 269 g/mol. The van der Waals surface area contributed by atoms with E-state index in [2.05, 4.69) is 19.3 Å². The molecule has 0 aliphatic heterocycles. The Balaban J connectivity index is -0.00000162. The Bertz CT molecular complexity index is 265. The number of carbonyl (C=O) groups excluding carboxylic acids is 1. The maximum atomic E-state index is 11.2. The maximum Gasteiger partial charge on any atom is 1.00 e. The molecule has 20 heavy (non-hydrogen) atoms. The van der Waals surface area contributed by atoms with E-state index in [0.29, 0.717) is 6.42 Å². The van der Waals surface area contributed by atoms with Crippen LogP contribution in [0, 0.1) is 5.92 Å². The summed E-state index contributed by atoms with van der Waals surface area (Å²) in [4.78, 5) is 26.1. The van der Waals surface area contributed by atoms with Crippen LogP contribution in [-0.2, 0) is 14.4 Å². The first-order valence-corrected chi connectivity index (χ1v) is 7.16. The average Bonchev–Trinajstić information content (AvgIpc) is 2.33. The van der Waals surface area contributed by atoms with Crippen LogP contribution in [0.5, 0.6) is 0 Å². The van der Waals surface area contributed by atoms with Crippen LogP contribution in [0.4, 0.5) is 0 Å². The summed E-state index contributed by atoms with van der Waals surface area (Å²) < 4.78 is 0. The molecule has 0 amide bonds. The number of carboxylic acids is 1. The first-order valence-electron chi connectivity index (χ1n) is 7.16. The molecule has 0 atom stereocenters. The number of aliphatic carboxylic acids is 1. The molecule has 0 aliphatic carbocycles. The van der Waals surface area contributed by atoms with Crippen LogP contribution in [0.1, 0.15) is 66.6 Å². The van der Waals surface area contributed by atoms with Crippen molar-refractivity contribution in [3.8, 4) is 0 Å². The van der Waals surface area contributed by atoms with E-state index in [0.717, 1.165) is 25.2 Å². The van der Waals surface area contributed by atoms with Gasteiger partial charge in [0.1, 0.15) is 0 Å². The third-order valence-corrected chi connectivity index (χ3v) is 2.79. The second-order valence-corrected chi connectivity index (χ2v) is 5.21. The number of carboxylic acid groups (broad SMARTS) is 1. The third kappa shape index (κ3) is 17.9. The summed E-state index contributed by atoms with van der Waals surface area (Å²) in [7, 11) is 0. The van der Waals surface area contributed by atoms with E-state index in [1.165, 1.54) is 19.3 Å². The van der Waals surface area contributed by atoms with E-state index in [4.69, 9.17) is 9.94 Å². The fraction of sp³-hybridized carbons (Fsp3) is 0.857. The molecule has 0 aliphatic rings. The first kappa shape index (κ1) is 22.2. The van der Waals surface area contributed by atoms with Gasteiger partial charge < -0.3 is 11.4 Å². The van der Waals surface area contributed by atoms with Crippen molar-refractivity contribution in [1.29, 1.82) is 0 Å². The Labute approximate surface area is 145 Å². The van der Waals surface area contributed by atoms with E-state index in [1.54, 1.807) is 0 Å². The predicted octanol–water partition coefficient (Wildman–Crippen LogP) is 0.0121. The largest absolute Gasteiger partial charge is 1.00 e. The minimum absolute atomic E-state index is 0. The van der Waals surface area contributed by atoms with Crippen molar-refractivity contribution in [3.05, 3.63) is 0 Å². The molecule has 0 bridgehead atoms. The van der Waals surface area contributed by atoms with Crippen LogP contribution in [0.25, 0.3) is 0 Å². The van der Waals surface area contributed by atoms with Crippen molar-refractivity contribution in [2.45, 2.75) is 65.2 Å². The molecule has 2 N–H and O–H groups in total. The summed E-state index contributed by atoms with van der Waals surface area (Å²) >= 11 is 0. The van der Waals surface area contributed by atoms with Crippen molar-refractivity contribution in [3.63, 3.8) is 0 Å². The standard InChI is InChI=1S/C14H27NO4.Na.H/c1-12(2)8-6-4-3-5-7-9-14(18)19-15-11-10-13(16)17;;/h12,15H,3-11H2,1-2H3,(H,16,17);;/q;+1;-1. The van der Waals surface area contributed by atoms with Gasteiger partial charge in [-0.05, 0) is 12.3 Å². The second kappa shape index (κ2) is 15.3. The van der Waals surface area contributed by atoms with Gasteiger partial charge in [0.25, 0.3) is 0 Å². The number of carbonyl (C=O) groups is 2. The molecule has 0 aromatic carbocycles. The second-order valence-electron chi connectivity index (χ2n) is 5.21. The Morgan fingerprint density at radius 3 is 2.30 bits per heavy atom. The van der Waals surface area contributed by atoms with Crippen LogP contribution < -0.4 is 35.0 Å². The zero-order chi connectivity index (χ0) is 14.5. The van der Waals surface area contributed by atoms with Gasteiger partial charge in [0, 0.05) is 13.0 Å². The molecule has 114 valence electrons. The summed E-state index contributed by atoms with van der Waals surface area (Å²) in [6, 6.07) is 0. The van der Waals surface area contributed by atoms with E-state index in [9.17, 15) is 9.59 Å². The molecule has 0 fully saturated rings. The van der Waals surface area contributed by atoms with Crippen LogP contribution in [0.2, 0.25) is 0 Å². The molecule has 0 saturated heterocycles. The van der Waals surface area contributed by atoms with E-state index < -0.39 is 5.97 Å². The Hall–Kier alpha value is -0.100. The van der Waals surface area contributed by atoms with Gasteiger partial charge in [0.15, 0.2) is 0 Å². The van der Waals surface area contributed by atoms with Gasteiger partial charge in [-0.3, -0.25) is 9.59 Å². The smallest absolute Gasteiger partial charge is 1.00 e. The zero-order valence-corrected chi connectivity index (χ0v) is 15.1. The fourth-order valence-electron chi connectivity index (χ4n) is 1.69. The van der Waals surface area contributed by atoms with Crippen LogP contribution in [0.15, 0.2) is 0 Å². The van der Waals surface area contributed by atoms with Crippen molar-refractivity contribution < 1.29 is 50.5 Å². The third-order valence-electron chi connectivity index (χ3n) is 2.79. The van der Waals surface area contributed by atoms with Gasteiger partial charge in [-0.15, -0.1) is 0 Å². The normalized spacial score (nSPS) is 10.2. The molecule has 0 rings (SSSR count). The molecule has 0 heterocycles. The number of hydroxylamine groups is 1. The minimum Gasteiger partial charge on any atom is -1.00 e. The Morgan fingerprint density at radius 2 is 1.70 bits per heavy atom. The van der Waals surface area contributed by atoms with Crippen molar-refractivity contribution in [2.75, 3.05) is 6.54 Å². The van der Waals surface area contributed by atoms with Crippen LogP contribution in [0.3, 0.4) is 0 Å². The number of hydrogen-bond acceptors (Lipinski definition) is 4. The number of nitrogens with one attached hydrogen (secondary N) is 1. The van der Waals surface area contributed by atoms with Crippen LogP contribution >= 0.6 is 0 Å². The molecule has 0 radical (unpaired) electrons.